The number of fused-ring (bicyclic) bond motifs is 1. The topological polar surface area (TPSA) is 38.8 Å². The Morgan fingerprint density at radius 2 is 2.06 bits per heavy atom. The summed E-state index contributed by atoms with van der Waals surface area (Å²) in [7, 11) is 0. The molecule has 0 radical (unpaired) electrons. The number of carbonyl (C=O) groups is 1. The Kier molecular flexibility index (Phi) is 2.38. The summed E-state index contributed by atoms with van der Waals surface area (Å²) >= 11 is 0. The molecule has 0 bridgehead atoms. The highest BCUT2D eigenvalue weighted by molar-refractivity contribution is 5.78. The van der Waals surface area contributed by atoms with E-state index in [0.29, 0.717) is 19.8 Å². The first-order valence-electron chi connectivity index (χ1n) is 5.45. The van der Waals surface area contributed by atoms with Gasteiger partial charge < -0.3 is 4.74 Å². The third kappa shape index (κ3) is 1.60. The van der Waals surface area contributed by atoms with E-state index in [-0.39, 0.29) is 17.9 Å². The van der Waals surface area contributed by atoms with Crippen molar-refractivity contribution < 1.29 is 14.4 Å². The number of benzene rings is 1. The summed E-state index contributed by atoms with van der Waals surface area (Å²) in [5.41, 5.74) is 1.14. The number of ether oxygens (including phenoxy) is 1. The zero-order valence-corrected chi connectivity index (χ0v) is 8.83. The molecule has 0 saturated carbocycles. The number of hydrogen-bond acceptors (Lipinski definition) is 4. The molecular formula is C12H13NO3. The van der Waals surface area contributed by atoms with Crippen LogP contribution >= 0.6 is 0 Å². The highest BCUT2D eigenvalue weighted by atomic mass is 16.7. The van der Waals surface area contributed by atoms with Gasteiger partial charge in [0.1, 0.15) is 6.04 Å². The lowest BCUT2D eigenvalue weighted by atomic mass is 10.1. The number of hydroxylamine groups is 2. The molecule has 4 heteroatoms. The summed E-state index contributed by atoms with van der Waals surface area (Å²) in [4.78, 5) is 17.0. The monoisotopic (exact) mass is 219 g/mol. The van der Waals surface area contributed by atoms with Crippen LogP contribution in [0.15, 0.2) is 30.3 Å². The first-order chi connectivity index (χ1) is 7.84. The van der Waals surface area contributed by atoms with Crippen LogP contribution in [0.1, 0.15) is 5.56 Å². The number of rotatable bonds is 2. The number of hydrogen-bond donors (Lipinski definition) is 0. The molecule has 0 aromatic heterocycles. The summed E-state index contributed by atoms with van der Waals surface area (Å²) in [5.74, 6) is 0.0506. The van der Waals surface area contributed by atoms with Crippen molar-refractivity contribution in [3.05, 3.63) is 35.9 Å². The van der Waals surface area contributed by atoms with Crippen LogP contribution in [0.25, 0.3) is 0 Å². The summed E-state index contributed by atoms with van der Waals surface area (Å²) in [5, 5.41) is 1.75. The van der Waals surface area contributed by atoms with Gasteiger partial charge in [-0.1, -0.05) is 30.3 Å². The minimum Gasteiger partial charge on any atom is -0.464 e. The maximum atomic E-state index is 11.5. The van der Waals surface area contributed by atoms with Gasteiger partial charge in [0, 0.05) is 5.92 Å². The lowest BCUT2D eigenvalue weighted by Gasteiger charge is -2.18. The second kappa shape index (κ2) is 3.88. The van der Waals surface area contributed by atoms with Crippen LogP contribution in [0.2, 0.25) is 0 Å². The molecule has 1 aromatic carbocycles. The van der Waals surface area contributed by atoms with Gasteiger partial charge in [-0.3, -0.25) is 9.63 Å². The molecule has 2 aliphatic heterocycles. The lowest BCUT2D eigenvalue weighted by Crippen LogP contribution is -2.34. The second-order valence-electron chi connectivity index (χ2n) is 4.19. The average Bonchev–Trinajstić information content (AvgIpc) is 2.86. The third-order valence-electron chi connectivity index (χ3n) is 3.07. The van der Waals surface area contributed by atoms with Gasteiger partial charge in [-0.2, -0.15) is 5.06 Å². The molecule has 3 rings (SSSR count). The van der Waals surface area contributed by atoms with Crippen LogP contribution in [-0.4, -0.2) is 30.3 Å². The van der Waals surface area contributed by atoms with E-state index in [4.69, 9.17) is 9.57 Å². The molecule has 0 amide bonds. The van der Waals surface area contributed by atoms with E-state index in [1.807, 2.05) is 30.3 Å². The summed E-state index contributed by atoms with van der Waals surface area (Å²) in [6.45, 7) is 1.72. The lowest BCUT2D eigenvalue weighted by molar-refractivity contribution is -0.170. The molecule has 2 saturated heterocycles. The Balaban J connectivity index is 1.74. The zero-order valence-electron chi connectivity index (χ0n) is 8.83. The first kappa shape index (κ1) is 9.81. The van der Waals surface area contributed by atoms with E-state index < -0.39 is 0 Å². The zero-order chi connectivity index (χ0) is 11.0. The number of nitrogens with zero attached hydrogens (tertiary/aromatic N) is 1. The van der Waals surface area contributed by atoms with Gasteiger partial charge in [0.2, 0.25) is 0 Å². The summed E-state index contributed by atoms with van der Waals surface area (Å²) in [6, 6.07) is 9.78. The van der Waals surface area contributed by atoms with Gasteiger partial charge >= 0.3 is 5.97 Å². The Morgan fingerprint density at radius 1 is 1.25 bits per heavy atom. The van der Waals surface area contributed by atoms with Crippen molar-refractivity contribution in [2.45, 2.75) is 12.6 Å². The van der Waals surface area contributed by atoms with Crippen LogP contribution < -0.4 is 0 Å². The van der Waals surface area contributed by atoms with Crippen molar-refractivity contribution in [1.82, 2.24) is 5.06 Å². The van der Waals surface area contributed by atoms with Gasteiger partial charge in [0.05, 0.1) is 19.8 Å². The van der Waals surface area contributed by atoms with Gasteiger partial charge in [0.15, 0.2) is 0 Å². The first-order valence-corrected chi connectivity index (χ1v) is 5.45. The van der Waals surface area contributed by atoms with Crippen molar-refractivity contribution in [3.63, 3.8) is 0 Å². The minimum absolute atomic E-state index is 0.154. The molecule has 2 heterocycles. The van der Waals surface area contributed by atoms with Gasteiger partial charge in [-0.05, 0) is 5.56 Å². The molecule has 0 N–H and O–H groups in total. The minimum atomic E-state index is -0.208. The molecule has 16 heavy (non-hydrogen) atoms. The fourth-order valence-corrected chi connectivity index (χ4v) is 2.23. The van der Waals surface area contributed by atoms with Crippen molar-refractivity contribution in [3.8, 4) is 0 Å². The molecule has 0 unspecified atom stereocenters. The summed E-state index contributed by atoms with van der Waals surface area (Å²) < 4.78 is 5.03. The number of cyclic esters (lactones) is 1. The molecule has 0 spiro atoms. The highest BCUT2D eigenvalue weighted by Crippen LogP contribution is 2.29. The largest absolute Gasteiger partial charge is 0.464 e. The van der Waals surface area contributed by atoms with Gasteiger partial charge in [-0.25, -0.2) is 0 Å². The van der Waals surface area contributed by atoms with Crippen molar-refractivity contribution >= 4 is 5.97 Å². The molecule has 2 atom stereocenters. The number of carbonyl (C=O) groups excluding carboxylic acids is 1. The molecular weight excluding hydrogens is 206 g/mol. The van der Waals surface area contributed by atoms with Crippen LogP contribution in [0.3, 0.4) is 0 Å². The average molecular weight is 219 g/mol. The van der Waals surface area contributed by atoms with Crippen molar-refractivity contribution in [1.29, 1.82) is 0 Å². The Hall–Kier alpha value is -1.39. The van der Waals surface area contributed by atoms with Crippen LogP contribution in [0, 0.1) is 5.92 Å². The van der Waals surface area contributed by atoms with Crippen molar-refractivity contribution in [2.75, 3.05) is 13.2 Å². The normalized spacial score (nSPS) is 29.1. The molecule has 2 fully saturated rings. The fraction of sp³-hybridized carbons (Fsp3) is 0.417. The van der Waals surface area contributed by atoms with Gasteiger partial charge in [-0.15, -0.1) is 0 Å². The third-order valence-corrected chi connectivity index (χ3v) is 3.07. The summed E-state index contributed by atoms with van der Waals surface area (Å²) in [6.07, 6.45) is 0. The smallest absolute Gasteiger partial charge is 0.326 e. The van der Waals surface area contributed by atoms with E-state index in [0.717, 1.165) is 5.56 Å². The molecule has 2 aliphatic rings. The van der Waals surface area contributed by atoms with E-state index in [9.17, 15) is 4.79 Å². The Labute approximate surface area is 93.7 Å². The van der Waals surface area contributed by atoms with E-state index in [1.54, 1.807) is 5.06 Å². The molecule has 84 valence electrons. The SMILES string of the molecule is O=C1OC[C@H]2CON(Cc3ccccc3)[C@@H]12. The fourth-order valence-electron chi connectivity index (χ4n) is 2.23. The Morgan fingerprint density at radius 3 is 2.88 bits per heavy atom. The number of esters is 1. The van der Waals surface area contributed by atoms with Crippen LogP contribution in [0.5, 0.6) is 0 Å². The Bertz CT molecular complexity index is 393. The van der Waals surface area contributed by atoms with Crippen LogP contribution in [-0.2, 0) is 20.9 Å². The van der Waals surface area contributed by atoms with Crippen molar-refractivity contribution in [2.24, 2.45) is 5.92 Å². The van der Waals surface area contributed by atoms with E-state index in [1.165, 1.54) is 0 Å². The second-order valence-corrected chi connectivity index (χ2v) is 4.19. The van der Waals surface area contributed by atoms with E-state index in [2.05, 4.69) is 0 Å². The molecule has 0 aliphatic carbocycles. The standard InChI is InChI=1S/C12H13NO3/c14-12-11-10(7-15-12)8-16-13(11)6-9-4-2-1-3-5-9/h1-5,10-11H,6-8H2/t10-,11+/m0/s1. The maximum Gasteiger partial charge on any atom is 0.326 e. The molecule has 4 nitrogen and oxygen atoms in total. The van der Waals surface area contributed by atoms with Crippen LogP contribution in [0.4, 0.5) is 0 Å². The predicted octanol–water partition coefficient (Wildman–Crippen LogP) is 0.975. The highest BCUT2D eigenvalue weighted by Gasteiger charge is 2.47. The van der Waals surface area contributed by atoms with E-state index >= 15 is 0 Å². The maximum absolute atomic E-state index is 11.5. The van der Waals surface area contributed by atoms with Gasteiger partial charge in [0.25, 0.3) is 0 Å². The molecule has 1 aromatic rings. The predicted molar refractivity (Wildman–Crippen MR) is 56.2 cm³/mol. The quantitative estimate of drug-likeness (QED) is 0.695.